The monoisotopic (exact) mass is 289 g/mol. The van der Waals surface area contributed by atoms with Gasteiger partial charge in [-0.15, -0.1) is 0 Å². The summed E-state index contributed by atoms with van der Waals surface area (Å²) in [6.07, 6.45) is 11.1. The van der Waals surface area contributed by atoms with Gasteiger partial charge in [0.05, 0.1) is 7.11 Å². The number of nitrogens with one attached hydrogen (secondary N) is 1. The number of likely N-dealkylation sites (N-methyl/N-ethyl adjacent to an activating group) is 1. The Kier molecular flexibility index (Phi) is 7.08. The van der Waals surface area contributed by atoms with Crippen molar-refractivity contribution in [3.8, 4) is 5.75 Å². The predicted molar refractivity (Wildman–Crippen MR) is 90.0 cm³/mol. The van der Waals surface area contributed by atoms with Gasteiger partial charge in [-0.1, -0.05) is 51.2 Å². The highest BCUT2D eigenvalue weighted by atomic mass is 16.5. The highest BCUT2D eigenvalue weighted by Crippen LogP contribution is 2.28. The van der Waals surface area contributed by atoms with Crippen molar-refractivity contribution in [3.05, 3.63) is 29.8 Å². The minimum atomic E-state index is 0.601. The summed E-state index contributed by atoms with van der Waals surface area (Å²) in [5.41, 5.74) is 1.38. The zero-order valence-electron chi connectivity index (χ0n) is 13.7. The Hall–Kier alpha value is -1.02. The number of hydrogen-bond donors (Lipinski definition) is 1. The van der Waals surface area contributed by atoms with Crippen molar-refractivity contribution in [3.63, 3.8) is 0 Å². The van der Waals surface area contributed by atoms with Crippen LogP contribution < -0.4 is 10.1 Å². The van der Waals surface area contributed by atoms with Crippen molar-refractivity contribution < 1.29 is 4.74 Å². The maximum atomic E-state index is 5.33. The van der Waals surface area contributed by atoms with Gasteiger partial charge in [0.2, 0.25) is 0 Å². The molecule has 2 heteroatoms. The van der Waals surface area contributed by atoms with E-state index in [0.717, 1.165) is 24.6 Å². The molecule has 1 unspecified atom stereocenters. The van der Waals surface area contributed by atoms with Crippen molar-refractivity contribution in [1.82, 2.24) is 5.32 Å². The average Bonchev–Trinajstić information content (AvgIpc) is 2.54. The summed E-state index contributed by atoms with van der Waals surface area (Å²) in [6.45, 7) is 3.26. The van der Waals surface area contributed by atoms with Gasteiger partial charge in [0, 0.05) is 6.04 Å². The van der Waals surface area contributed by atoms with Gasteiger partial charge in [-0.05, 0) is 49.4 Å². The molecule has 0 amide bonds. The SMILES string of the molecule is CCNC(CCC1CCCCC1)Cc1cccc(OC)c1. The topological polar surface area (TPSA) is 21.3 Å². The summed E-state index contributed by atoms with van der Waals surface area (Å²) in [5.74, 6) is 1.94. The summed E-state index contributed by atoms with van der Waals surface area (Å²) in [7, 11) is 1.74. The molecule has 1 N–H and O–H groups in total. The lowest BCUT2D eigenvalue weighted by atomic mass is 9.84. The molecule has 0 bridgehead atoms. The van der Waals surface area contributed by atoms with Crippen LogP contribution in [0.4, 0.5) is 0 Å². The van der Waals surface area contributed by atoms with Crippen molar-refractivity contribution in [1.29, 1.82) is 0 Å². The lowest BCUT2D eigenvalue weighted by Gasteiger charge is -2.25. The zero-order chi connectivity index (χ0) is 14.9. The molecule has 0 spiro atoms. The van der Waals surface area contributed by atoms with Gasteiger partial charge in [0.25, 0.3) is 0 Å². The first-order valence-electron chi connectivity index (χ1n) is 8.68. The van der Waals surface area contributed by atoms with E-state index in [1.807, 2.05) is 6.07 Å². The average molecular weight is 289 g/mol. The first-order chi connectivity index (χ1) is 10.3. The molecule has 0 heterocycles. The number of benzene rings is 1. The molecule has 2 rings (SSSR count). The van der Waals surface area contributed by atoms with Gasteiger partial charge in [-0.25, -0.2) is 0 Å². The normalized spacial score (nSPS) is 17.6. The molecular weight excluding hydrogens is 258 g/mol. The van der Waals surface area contributed by atoms with Crippen LogP contribution in [-0.2, 0) is 6.42 Å². The third-order valence-electron chi connectivity index (χ3n) is 4.76. The van der Waals surface area contributed by atoms with Crippen molar-refractivity contribution in [2.45, 2.75) is 64.3 Å². The molecular formula is C19H31NO. The van der Waals surface area contributed by atoms with Crippen LogP contribution in [0.25, 0.3) is 0 Å². The van der Waals surface area contributed by atoms with Crippen LogP contribution in [0.5, 0.6) is 5.75 Å². The van der Waals surface area contributed by atoms with E-state index in [2.05, 4.69) is 30.4 Å². The third kappa shape index (κ3) is 5.70. The molecule has 1 fully saturated rings. The van der Waals surface area contributed by atoms with Crippen molar-refractivity contribution in [2.75, 3.05) is 13.7 Å². The fourth-order valence-corrected chi connectivity index (χ4v) is 3.56. The third-order valence-corrected chi connectivity index (χ3v) is 4.76. The number of ether oxygens (including phenoxy) is 1. The molecule has 0 radical (unpaired) electrons. The van der Waals surface area contributed by atoms with Gasteiger partial charge < -0.3 is 10.1 Å². The fraction of sp³-hybridized carbons (Fsp3) is 0.684. The summed E-state index contributed by atoms with van der Waals surface area (Å²) in [5, 5.41) is 3.67. The molecule has 0 aromatic heterocycles. The first kappa shape index (κ1) is 16.4. The van der Waals surface area contributed by atoms with Gasteiger partial charge in [0.15, 0.2) is 0 Å². The van der Waals surface area contributed by atoms with E-state index in [4.69, 9.17) is 4.74 Å². The van der Waals surface area contributed by atoms with Crippen LogP contribution >= 0.6 is 0 Å². The van der Waals surface area contributed by atoms with Crippen LogP contribution in [0.1, 0.15) is 57.4 Å². The number of hydrogen-bond acceptors (Lipinski definition) is 2. The molecule has 1 aliphatic rings. The van der Waals surface area contributed by atoms with Crippen molar-refractivity contribution in [2.24, 2.45) is 5.92 Å². The lowest BCUT2D eigenvalue weighted by molar-refractivity contribution is 0.313. The summed E-state index contributed by atoms with van der Waals surface area (Å²) in [6, 6.07) is 9.11. The highest BCUT2D eigenvalue weighted by Gasteiger charge is 2.16. The first-order valence-corrected chi connectivity index (χ1v) is 8.68. The van der Waals surface area contributed by atoms with Crippen LogP contribution in [-0.4, -0.2) is 19.7 Å². The molecule has 1 aromatic carbocycles. The Bertz CT molecular complexity index is 398. The second-order valence-electron chi connectivity index (χ2n) is 6.39. The molecule has 1 aliphatic carbocycles. The van der Waals surface area contributed by atoms with Crippen LogP contribution in [0.2, 0.25) is 0 Å². The molecule has 21 heavy (non-hydrogen) atoms. The van der Waals surface area contributed by atoms with Gasteiger partial charge in [0.1, 0.15) is 5.75 Å². The maximum Gasteiger partial charge on any atom is 0.119 e. The quantitative estimate of drug-likeness (QED) is 0.756. The predicted octanol–water partition coefficient (Wildman–Crippen LogP) is 4.58. The number of rotatable bonds is 8. The largest absolute Gasteiger partial charge is 0.497 e. The second-order valence-corrected chi connectivity index (χ2v) is 6.39. The Labute approximate surface area is 130 Å². The maximum absolute atomic E-state index is 5.33. The highest BCUT2D eigenvalue weighted by molar-refractivity contribution is 5.28. The van der Waals surface area contributed by atoms with E-state index in [1.165, 1.54) is 50.5 Å². The van der Waals surface area contributed by atoms with E-state index in [-0.39, 0.29) is 0 Å². The molecule has 1 saturated carbocycles. The summed E-state index contributed by atoms with van der Waals surface area (Å²) < 4.78 is 5.33. The zero-order valence-corrected chi connectivity index (χ0v) is 13.7. The van der Waals surface area contributed by atoms with E-state index >= 15 is 0 Å². The number of methoxy groups -OCH3 is 1. The van der Waals surface area contributed by atoms with E-state index in [0.29, 0.717) is 6.04 Å². The smallest absolute Gasteiger partial charge is 0.119 e. The van der Waals surface area contributed by atoms with Gasteiger partial charge in [-0.3, -0.25) is 0 Å². The van der Waals surface area contributed by atoms with Crippen LogP contribution in [0.15, 0.2) is 24.3 Å². The Morgan fingerprint density at radius 1 is 1.24 bits per heavy atom. The molecule has 1 aromatic rings. The van der Waals surface area contributed by atoms with Crippen LogP contribution in [0, 0.1) is 5.92 Å². The minimum Gasteiger partial charge on any atom is -0.497 e. The fourth-order valence-electron chi connectivity index (χ4n) is 3.56. The summed E-state index contributed by atoms with van der Waals surface area (Å²) >= 11 is 0. The Morgan fingerprint density at radius 2 is 2.05 bits per heavy atom. The minimum absolute atomic E-state index is 0.601. The van der Waals surface area contributed by atoms with Crippen molar-refractivity contribution >= 4 is 0 Å². The molecule has 118 valence electrons. The van der Waals surface area contributed by atoms with Gasteiger partial charge >= 0.3 is 0 Å². The van der Waals surface area contributed by atoms with Crippen LogP contribution in [0.3, 0.4) is 0 Å². The lowest BCUT2D eigenvalue weighted by Crippen LogP contribution is -2.31. The van der Waals surface area contributed by atoms with E-state index in [9.17, 15) is 0 Å². The van der Waals surface area contributed by atoms with Gasteiger partial charge in [-0.2, -0.15) is 0 Å². The molecule has 0 aliphatic heterocycles. The Morgan fingerprint density at radius 3 is 2.76 bits per heavy atom. The van der Waals surface area contributed by atoms with E-state index < -0.39 is 0 Å². The molecule has 0 saturated heterocycles. The Balaban J connectivity index is 1.85. The summed E-state index contributed by atoms with van der Waals surface area (Å²) in [4.78, 5) is 0. The second kappa shape index (κ2) is 9.09. The molecule has 1 atom stereocenters. The standard InChI is InChI=1S/C19H31NO/c1-3-20-18(13-12-16-8-5-4-6-9-16)14-17-10-7-11-19(15-17)21-2/h7,10-11,15-16,18,20H,3-6,8-9,12-14H2,1-2H3. The van der Waals surface area contributed by atoms with E-state index in [1.54, 1.807) is 7.11 Å². The molecule has 2 nitrogen and oxygen atoms in total.